The number of carbonyl (C=O) groups excluding carboxylic acids is 2. The van der Waals surface area contributed by atoms with Crippen molar-refractivity contribution in [3.8, 4) is 0 Å². The average molecular weight is 321 g/mol. The summed E-state index contributed by atoms with van der Waals surface area (Å²) in [6.07, 6.45) is 2.05. The Morgan fingerprint density at radius 3 is 2.17 bits per heavy atom. The molecule has 0 unspecified atom stereocenters. The van der Waals surface area contributed by atoms with Gasteiger partial charge in [-0.15, -0.1) is 0 Å². The predicted molar refractivity (Wildman–Crippen MR) is 94.6 cm³/mol. The van der Waals surface area contributed by atoms with E-state index in [2.05, 4.69) is 12.1 Å². The first kappa shape index (κ1) is 16.4. The van der Waals surface area contributed by atoms with Crippen molar-refractivity contribution in [1.29, 1.82) is 0 Å². The molecule has 1 aliphatic heterocycles. The molecule has 3 heteroatoms. The molecule has 0 radical (unpaired) electrons. The van der Waals surface area contributed by atoms with Crippen molar-refractivity contribution < 1.29 is 9.59 Å². The van der Waals surface area contributed by atoms with E-state index in [4.69, 9.17) is 0 Å². The van der Waals surface area contributed by atoms with Crippen LogP contribution in [0.25, 0.3) is 0 Å². The van der Waals surface area contributed by atoms with Gasteiger partial charge in [0.25, 0.3) is 0 Å². The van der Waals surface area contributed by atoms with Crippen LogP contribution in [0.3, 0.4) is 0 Å². The minimum atomic E-state index is -0.0418. The Morgan fingerprint density at radius 2 is 1.54 bits per heavy atom. The molecule has 2 aromatic carbocycles. The summed E-state index contributed by atoms with van der Waals surface area (Å²) in [6, 6.07) is 19.8. The number of hydrogen-bond donors (Lipinski definition) is 0. The van der Waals surface area contributed by atoms with Crippen LogP contribution >= 0.6 is 0 Å². The van der Waals surface area contributed by atoms with Gasteiger partial charge in [-0.2, -0.15) is 0 Å². The maximum Gasteiger partial charge on any atom is 0.227 e. The number of piperidine rings is 1. The lowest BCUT2D eigenvalue weighted by Gasteiger charge is -2.40. The molecule has 124 valence electrons. The lowest BCUT2D eigenvalue weighted by Crippen LogP contribution is -2.52. The average Bonchev–Trinajstić information content (AvgIpc) is 2.56. The zero-order valence-electron chi connectivity index (χ0n) is 14.0. The lowest BCUT2D eigenvalue weighted by atomic mass is 9.90. The molecule has 2 aromatic rings. The Balaban J connectivity index is 1.78. The number of rotatable bonds is 4. The monoisotopic (exact) mass is 321 g/mol. The quantitative estimate of drug-likeness (QED) is 0.865. The van der Waals surface area contributed by atoms with Crippen LogP contribution < -0.4 is 0 Å². The molecule has 1 amide bonds. The van der Waals surface area contributed by atoms with Crippen molar-refractivity contribution in [1.82, 2.24) is 4.90 Å². The van der Waals surface area contributed by atoms with Gasteiger partial charge >= 0.3 is 0 Å². The van der Waals surface area contributed by atoms with Gasteiger partial charge in [0.2, 0.25) is 5.91 Å². The summed E-state index contributed by atoms with van der Waals surface area (Å²) in [5.74, 6) is 0.370. The topological polar surface area (TPSA) is 37.4 Å². The van der Waals surface area contributed by atoms with Crippen molar-refractivity contribution in [2.24, 2.45) is 0 Å². The highest BCUT2D eigenvalue weighted by Gasteiger charge is 2.35. The Labute approximate surface area is 143 Å². The Kier molecular flexibility index (Phi) is 5.09. The van der Waals surface area contributed by atoms with Crippen molar-refractivity contribution in [3.05, 3.63) is 71.8 Å². The maximum atomic E-state index is 12.9. The van der Waals surface area contributed by atoms with E-state index >= 15 is 0 Å². The van der Waals surface area contributed by atoms with Crippen LogP contribution in [0.2, 0.25) is 0 Å². The minimum absolute atomic E-state index is 0.0313. The second-order valence-corrected chi connectivity index (χ2v) is 6.60. The van der Waals surface area contributed by atoms with Crippen LogP contribution in [0.1, 0.15) is 30.9 Å². The molecule has 0 bridgehead atoms. The molecule has 1 aliphatic rings. The number of ketones is 1. The third-order valence-corrected chi connectivity index (χ3v) is 4.65. The molecule has 3 nitrogen and oxygen atoms in total. The van der Waals surface area contributed by atoms with Gasteiger partial charge in [-0.25, -0.2) is 0 Å². The van der Waals surface area contributed by atoms with Crippen molar-refractivity contribution in [2.75, 3.05) is 0 Å². The number of carbonyl (C=O) groups is 2. The Bertz CT molecular complexity index is 696. The molecule has 0 N–H and O–H groups in total. The normalized spacial score (nSPS) is 20.9. The van der Waals surface area contributed by atoms with Gasteiger partial charge in [0, 0.05) is 24.9 Å². The standard InChI is InChI=1S/C21H23NO2/c1-16-12-20(23)15-19(13-17-8-4-2-5-9-17)22(16)21(24)14-18-10-6-3-7-11-18/h2-11,16,19H,12-15H2,1H3/t16-,19+/m1/s1. The minimum Gasteiger partial charge on any atom is -0.336 e. The van der Waals surface area contributed by atoms with Crippen LogP contribution in [-0.2, 0) is 22.4 Å². The summed E-state index contributed by atoms with van der Waals surface area (Å²) in [6.45, 7) is 1.98. The Morgan fingerprint density at radius 1 is 0.958 bits per heavy atom. The van der Waals surface area contributed by atoms with Crippen LogP contribution in [0.15, 0.2) is 60.7 Å². The van der Waals surface area contributed by atoms with Gasteiger partial charge in [0.15, 0.2) is 0 Å². The van der Waals surface area contributed by atoms with Crippen molar-refractivity contribution in [3.63, 3.8) is 0 Å². The fourth-order valence-electron chi connectivity index (χ4n) is 3.60. The molecule has 2 atom stereocenters. The van der Waals surface area contributed by atoms with Crippen molar-refractivity contribution in [2.45, 2.75) is 44.7 Å². The van der Waals surface area contributed by atoms with E-state index in [-0.39, 0.29) is 23.8 Å². The summed E-state index contributed by atoms with van der Waals surface area (Å²) < 4.78 is 0. The van der Waals surface area contributed by atoms with Crippen molar-refractivity contribution >= 4 is 11.7 Å². The summed E-state index contributed by atoms with van der Waals surface area (Å²) in [5.41, 5.74) is 2.19. The summed E-state index contributed by atoms with van der Waals surface area (Å²) in [7, 11) is 0. The molecular weight excluding hydrogens is 298 g/mol. The summed E-state index contributed by atoms with van der Waals surface area (Å²) >= 11 is 0. The molecule has 24 heavy (non-hydrogen) atoms. The van der Waals surface area contributed by atoms with Crippen LogP contribution in [0.5, 0.6) is 0 Å². The molecule has 1 heterocycles. The van der Waals surface area contributed by atoms with Gasteiger partial charge in [-0.3, -0.25) is 9.59 Å². The van der Waals surface area contributed by atoms with Gasteiger partial charge in [-0.05, 0) is 24.5 Å². The fourth-order valence-corrected chi connectivity index (χ4v) is 3.60. The number of amides is 1. The Hall–Kier alpha value is -2.42. The van der Waals surface area contributed by atoms with E-state index in [1.54, 1.807) is 0 Å². The van der Waals surface area contributed by atoms with Crippen LogP contribution in [-0.4, -0.2) is 28.7 Å². The number of likely N-dealkylation sites (tertiary alicyclic amines) is 1. The van der Waals surface area contributed by atoms with Crippen LogP contribution in [0, 0.1) is 0 Å². The SMILES string of the molecule is C[C@@H]1CC(=O)C[C@H](Cc2ccccc2)N1C(=O)Cc1ccccc1. The lowest BCUT2D eigenvalue weighted by molar-refractivity contribution is -0.140. The van der Waals surface area contributed by atoms with Gasteiger partial charge in [0.05, 0.1) is 6.42 Å². The molecule has 0 spiro atoms. The number of Topliss-reactive ketones (excluding diaryl/α,β-unsaturated/α-hetero) is 1. The third-order valence-electron chi connectivity index (χ3n) is 4.65. The van der Waals surface area contributed by atoms with E-state index in [9.17, 15) is 9.59 Å². The summed E-state index contributed by atoms with van der Waals surface area (Å²) in [5, 5.41) is 0. The van der Waals surface area contributed by atoms with E-state index in [0.717, 1.165) is 12.0 Å². The van der Waals surface area contributed by atoms with E-state index < -0.39 is 0 Å². The number of nitrogens with zero attached hydrogens (tertiary/aromatic N) is 1. The zero-order chi connectivity index (χ0) is 16.9. The second-order valence-electron chi connectivity index (χ2n) is 6.60. The zero-order valence-corrected chi connectivity index (χ0v) is 14.0. The van der Waals surface area contributed by atoms with Crippen LogP contribution in [0.4, 0.5) is 0 Å². The highest BCUT2D eigenvalue weighted by molar-refractivity contribution is 5.85. The van der Waals surface area contributed by atoms with E-state index in [1.807, 2.05) is 60.4 Å². The first-order valence-corrected chi connectivity index (χ1v) is 8.54. The molecule has 0 aliphatic carbocycles. The highest BCUT2D eigenvalue weighted by atomic mass is 16.2. The second kappa shape index (κ2) is 7.43. The molecular formula is C21H23NO2. The molecule has 0 aromatic heterocycles. The summed E-state index contributed by atoms with van der Waals surface area (Å²) in [4.78, 5) is 26.9. The van der Waals surface area contributed by atoms with E-state index in [1.165, 1.54) is 5.56 Å². The van der Waals surface area contributed by atoms with Gasteiger partial charge in [-0.1, -0.05) is 60.7 Å². The molecule has 3 rings (SSSR count). The largest absolute Gasteiger partial charge is 0.336 e. The van der Waals surface area contributed by atoms with Gasteiger partial charge < -0.3 is 4.90 Å². The highest BCUT2D eigenvalue weighted by Crippen LogP contribution is 2.24. The number of benzene rings is 2. The van der Waals surface area contributed by atoms with E-state index in [0.29, 0.717) is 19.3 Å². The smallest absolute Gasteiger partial charge is 0.227 e. The molecule has 1 fully saturated rings. The number of hydrogen-bond acceptors (Lipinski definition) is 2. The van der Waals surface area contributed by atoms with Gasteiger partial charge in [0.1, 0.15) is 5.78 Å². The fraction of sp³-hybridized carbons (Fsp3) is 0.333. The first-order chi connectivity index (χ1) is 11.6. The molecule has 0 saturated carbocycles. The third kappa shape index (κ3) is 3.91. The predicted octanol–water partition coefficient (Wildman–Crippen LogP) is 3.42. The maximum absolute atomic E-state index is 12.9. The molecule has 1 saturated heterocycles. The first-order valence-electron chi connectivity index (χ1n) is 8.54.